The van der Waals surface area contributed by atoms with Crippen molar-refractivity contribution in [3.8, 4) is 0 Å². The quantitative estimate of drug-likeness (QED) is 0.621. The van der Waals surface area contributed by atoms with Gasteiger partial charge in [0.05, 0.1) is 24.2 Å². The summed E-state index contributed by atoms with van der Waals surface area (Å²) >= 11 is 0. The van der Waals surface area contributed by atoms with Gasteiger partial charge in [-0.05, 0) is 32.8 Å². The lowest BCUT2D eigenvalue weighted by Crippen LogP contribution is -2.58. The van der Waals surface area contributed by atoms with Crippen LogP contribution in [0.4, 0.5) is 20.5 Å². The van der Waals surface area contributed by atoms with Crippen LogP contribution in [0.25, 0.3) is 11.0 Å². The Balaban J connectivity index is 1.89. The van der Waals surface area contributed by atoms with Crippen LogP contribution in [0.5, 0.6) is 0 Å². The second-order valence-electron chi connectivity index (χ2n) is 8.53. The third kappa shape index (κ3) is 5.42. The van der Waals surface area contributed by atoms with Crippen molar-refractivity contribution < 1.29 is 18.4 Å². The van der Waals surface area contributed by atoms with Crippen LogP contribution in [-0.4, -0.2) is 56.1 Å². The summed E-state index contributed by atoms with van der Waals surface area (Å²) in [5.41, 5.74) is 6.41. The fourth-order valence-corrected chi connectivity index (χ4v) is 3.63. The smallest absolute Gasteiger partial charge is 0.282 e. The zero-order valence-corrected chi connectivity index (χ0v) is 18.0. The zero-order chi connectivity index (χ0) is 22.8. The van der Waals surface area contributed by atoms with Crippen LogP contribution < -0.4 is 11.1 Å². The highest BCUT2D eigenvalue weighted by Crippen LogP contribution is 2.31. The van der Waals surface area contributed by atoms with Crippen molar-refractivity contribution in [2.45, 2.75) is 64.3 Å². The SMILES string of the molecule is CCCC[C@](C)(CCC(C)=O)Nc1nc(N)nc2cc(C(=O)N3CC(F)(F)C3)cnc12. The van der Waals surface area contributed by atoms with Gasteiger partial charge in [-0.1, -0.05) is 19.8 Å². The lowest BCUT2D eigenvalue weighted by Gasteiger charge is -2.38. The fourth-order valence-electron chi connectivity index (χ4n) is 3.63. The number of halogens is 2. The number of pyridine rings is 1. The highest BCUT2D eigenvalue weighted by Gasteiger charge is 2.46. The van der Waals surface area contributed by atoms with Crippen LogP contribution in [0.15, 0.2) is 12.3 Å². The van der Waals surface area contributed by atoms with Gasteiger partial charge in [-0.25, -0.2) is 18.7 Å². The Labute approximate surface area is 179 Å². The monoisotopic (exact) mass is 434 g/mol. The van der Waals surface area contributed by atoms with Gasteiger partial charge in [0.1, 0.15) is 11.3 Å². The number of carbonyl (C=O) groups is 2. The van der Waals surface area contributed by atoms with E-state index in [0.29, 0.717) is 29.7 Å². The van der Waals surface area contributed by atoms with Gasteiger partial charge >= 0.3 is 0 Å². The molecule has 168 valence electrons. The van der Waals surface area contributed by atoms with Crippen molar-refractivity contribution in [1.29, 1.82) is 0 Å². The molecule has 0 radical (unpaired) electrons. The fraction of sp³-hybridized carbons (Fsp3) is 0.571. The van der Waals surface area contributed by atoms with Crippen molar-refractivity contribution in [2.75, 3.05) is 24.1 Å². The van der Waals surface area contributed by atoms with E-state index in [4.69, 9.17) is 5.73 Å². The highest BCUT2D eigenvalue weighted by molar-refractivity contribution is 5.98. The first-order valence-electron chi connectivity index (χ1n) is 10.4. The molecule has 3 rings (SSSR count). The van der Waals surface area contributed by atoms with Crippen molar-refractivity contribution in [1.82, 2.24) is 19.9 Å². The van der Waals surface area contributed by atoms with E-state index < -0.39 is 30.5 Å². The molecule has 1 fully saturated rings. The second-order valence-corrected chi connectivity index (χ2v) is 8.53. The molecule has 10 heteroatoms. The Morgan fingerprint density at radius 1 is 1.29 bits per heavy atom. The van der Waals surface area contributed by atoms with Crippen LogP contribution in [0.1, 0.15) is 63.2 Å². The number of likely N-dealkylation sites (tertiary alicyclic amines) is 1. The number of rotatable bonds is 9. The summed E-state index contributed by atoms with van der Waals surface area (Å²) in [5, 5.41) is 3.39. The van der Waals surface area contributed by atoms with E-state index in [2.05, 4.69) is 27.2 Å². The number of ketones is 1. The highest BCUT2D eigenvalue weighted by atomic mass is 19.3. The summed E-state index contributed by atoms with van der Waals surface area (Å²) in [6, 6.07) is 1.49. The first kappa shape index (κ1) is 22.8. The first-order valence-corrected chi connectivity index (χ1v) is 10.4. The Kier molecular flexibility index (Phi) is 6.38. The molecule has 31 heavy (non-hydrogen) atoms. The number of unbranched alkanes of at least 4 members (excludes halogenated alkanes) is 1. The van der Waals surface area contributed by atoms with Gasteiger partial charge in [0, 0.05) is 18.2 Å². The number of carbonyl (C=O) groups excluding carboxylic acids is 2. The molecule has 0 bridgehead atoms. The molecular weight excluding hydrogens is 406 g/mol. The van der Waals surface area contributed by atoms with E-state index in [-0.39, 0.29) is 17.3 Å². The molecule has 8 nitrogen and oxygen atoms in total. The normalized spacial score (nSPS) is 17.1. The van der Waals surface area contributed by atoms with Crippen LogP contribution in [0, 0.1) is 0 Å². The topological polar surface area (TPSA) is 114 Å². The van der Waals surface area contributed by atoms with Crippen molar-refractivity contribution >= 4 is 34.5 Å². The number of nitrogens with zero attached hydrogens (tertiary/aromatic N) is 4. The lowest BCUT2D eigenvalue weighted by molar-refractivity contribution is -0.117. The van der Waals surface area contributed by atoms with Gasteiger partial charge in [-0.2, -0.15) is 4.98 Å². The van der Waals surface area contributed by atoms with Crippen molar-refractivity contribution in [3.63, 3.8) is 0 Å². The Bertz CT molecular complexity index is 991. The molecule has 3 heterocycles. The van der Waals surface area contributed by atoms with Gasteiger partial charge in [-0.3, -0.25) is 4.79 Å². The number of nitrogens with one attached hydrogen (secondary N) is 1. The molecule has 1 aliphatic rings. The zero-order valence-electron chi connectivity index (χ0n) is 18.0. The minimum absolute atomic E-state index is 0.00120. The average molecular weight is 434 g/mol. The van der Waals surface area contributed by atoms with Crippen LogP contribution in [0.3, 0.4) is 0 Å². The number of fused-ring (bicyclic) bond motifs is 1. The van der Waals surface area contributed by atoms with Crippen molar-refractivity contribution in [2.24, 2.45) is 0 Å². The molecule has 0 unspecified atom stereocenters. The molecule has 1 saturated heterocycles. The summed E-state index contributed by atoms with van der Waals surface area (Å²) in [6.45, 7) is 4.48. The molecule has 0 aromatic carbocycles. The van der Waals surface area contributed by atoms with Gasteiger partial charge in [0.25, 0.3) is 11.8 Å². The van der Waals surface area contributed by atoms with E-state index in [1.165, 1.54) is 12.3 Å². The van der Waals surface area contributed by atoms with E-state index >= 15 is 0 Å². The number of nitrogens with two attached hydrogens (primary N) is 1. The number of aromatic nitrogens is 3. The van der Waals surface area contributed by atoms with E-state index in [0.717, 1.165) is 24.2 Å². The number of alkyl halides is 2. The lowest BCUT2D eigenvalue weighted by atomic mass is 9.89. The van der Waals surface area contributed by atoms with Crippen molar-refractivity contribution in [3.05, 3.63) is 17.8 Å². The van der Waals surface area contributed by atoms with Crippen LogP contribution in [0.2, 0.25) is 0 Å². The average Bonchev–Trinajstić information content (AvgIpc) is 2.68. The number of hydrogen-bond donors (Lipinski definition) is 2. The predicted molar refractivity (Wildman–Crippen MR) is 114 cm³/mol. The standard InChI is InChI=1S/C21H28F2N6O2/c1-4-5-7-20(3,8-6-13(2)30)28-17-16-15(26-19(24)27-17)9-14(10-25-16)18(31)29-11-21(22,23)12-29/h9-10H,4-8,11-12H2,1-3H3,(H3,24,26,27,28)/t20-/m1/s1. The molecule has 0 spiro atoms. The van der Waals surface area contributed by atoms with Gasteiger partial charge < -0.3 is 20.7 Å². The number of amides is 1. The molecule has 2 aromatic rings. The van der Waals surface area contributed by atoms with Crippen LogP contribution >= 0.6 is 0 Å². The Hall–Kier alpha value is -2.91. The van der Waals surface area contributed by atoms with E-state index in [9.17, 15) is 18.4 Å². The largest absolute Gasteiger partial charge is 0.368 e. The Morgan fingerprint density at radius 3 is 2.61 bits per heavy atom. The molecule has 1 amide bonds. The molecule has 1 atom stereocenters. The minimum atomic E-state index is -2.84. The number of anilines is 2. The number of hydrogen-bond acceptors (Lipinski definition) is 7. The summed E-state index contributed by atoms with van der Waals surface area (Å²) in [4.78, 5) is 37.9. The van der Waals surface area contributed by atoms with Gasteiger partial charge in [0.2, 0.25) is 5.95 Å². The summed E-state index contributed by atoms with van der Waals surface area (Å²) in [6.07, 6.45) is 5.17. The molecule has 1 aliphatic heterocycles. The van der Waals surface area contributed by atoms with E-state index in [1.807, 2.05) is 6.92 Å². The van der Waals surface area contributed by atoms with Gasteiger partial charge in [0.15, 0.2) is 5.82 Å². The molecule has 0 aliphatic carbocycles. The Morgan fingerprint density at radius 2 is 2.00 bits per heavy atom. The van der Waals surface area contributed by atoms with Crippen LogP contribution in [-0.2, 0) is 4.79 Å². The second kappa shape index (κ2) is 8.68. The van der Waals surface area contributed by atoms with Gasteiger partial charge in [-0.15, -0.1) is 0 Å². The first-order chi connectivity index (χ1) is 14.5. The third-order valence-electron chi connectivity index (χ3n) is 5.46. The summed E-state index contributed by atoms with van der Waals surface area (Å²) in [7, 11) is 0. The maximum atomic E-state index is 13.1. The maximum absolute atomic E-state index is 13.1. The molecule has 3 N–H and O–H groups in total. The minimum Gasteiger partial charge on any atom is -0.368 e. The maximum Gasteiger partial charge on any atom is 0.282 e. The number of nitrogen functional groups attached to an aromatic ring is 1. The predicted octanol–water partition coefficient (Wildman–Crippen LogP) is 3.43. The molecular formula is C21H28F2N6O2. The number of Topliss-reactive ketones (excluding diaryl/α,β-unsaturated/α-hetero) is 1. The van der Waals surface area contributed by atoms with E-state index in [1.54, 1.807) is 6.92 Å². The summed E-state index contributed by atoms with van der Waals surface area (Å²) < 4.78 is 26.2. The third-order valence-corrected chi connectivity index (χ3v) is 5.46. The summed E-state index contributed by atoms with van der Waals surface area (Å²) in [5.74, 6) is -2.84. The molecule has 0 saturated carbocycles. The molecule has 2 aromatic heterocycles.